The monoisotopic (exact) mass is 204 g/mol. The van der Waals surface area contributed by atoms with Gasteiger partial charge in [-0.25, -0.2) is 0 Å². The molecule has 0 saturated heterocycles. The van der Waals surface area contributed by atoms with Crippen molar-refractivity contribution in [3.63, 3.8) is 0 Å². The van der Waals surface area contributed by atoms with Gasteiger partial charge in [0.2, 0.25) is 0 Å². The van der Waals surface area contributed by atoms with Gasteiger partial charge in [-0.15, -0.1) is 0 Å². The Balaban J connectivity index is 0. The smallest absolute Gasteiger partial charge is 0.0437 e. The lowest BCUT2D eigenvalue weighted by Crippen LogP contribution is -1.84. The topological polar surface area (TPSA) is 29.5 Å². The van der Waals surface area contributed by atoms with Crippen LogP contribution in [-0.4, -0.2) is 24.9 Å². The number of hydrogen-bond donors (Lipinski definition) is 1. The van der Waals surface area contributed by atoms with Crippen LogP contribution in [-0.2, 0) is 4.74 Å². The Bertz CT molecular complexity index is 66.7. The molecule has 0 aromatic carbocycles. The molecular formula is C12H28O2. The fraction of sp³-hybridized carbons (Fsp3) is 1.00. The number of aliphatic hydroxyl groups is 1. The standard InChI is InChI=1S/C8H18O.C4H10O/c1-2-3-4-5-6-7-8-9;1-3-5-4-2/h9H,2-8H2,1H3;3-4H2,1-2H3. The van der Waals surface area contributed by atoms with E-state index >= 15 is 0 Å². The zero-order valence-corrected chi connectivity index (χ0v) is 10.2. The molecule has 0 radical (unpaired) electrons. The fourth-order valence-corrected chi connectivity index (χ4v) is 1.10. The highest BCUT2D eigenvalue weighted by Gasteiger charge is 1.86. The molecule has 0 aromatic rings. The lowest BCUT2D eigenvalue weighted by molar-refractivity contribution is 0.162. The van der Waals surface area contributed by atoms with E-state index in [9.17, 15) is 0 Å². The van der Waals surface area contributed by atoms with Crippen LogP contribution in [0.15, 0.2) is 0 Å². The van der Waals surface area contributed by atoms with E-state index in [4.69, 9.17) is 9.84 Å². The Kier molecular flexibility index (Phi) is 21.8. The molecule has 2 nitrogen and oxygen atoms in total. The number of ether oxygens (including phenoxy) is 1. The van der Waals surface area contributed by atoms with Crippen molar-refractivity contribution in [2.24, 2.45) is 0 Å². The minimum absolute atomic E-state index is 0.367. The van der Waals surface area contributed by atoms with Crippen molar-refractivity contribution < 1.29 is 9.84 Å². The summed E-state index contributed by atoms with van der Waals surface area (Å²) < 4.78 is 4.83. The minimum Gasteiger partial charge on any atom is -0.396 e. The van der Waals surface area contributed by atoms with E-state index < -0.39 is 0 Å². The van der Waals surface area contributed by atoms with Crippen molar-refractivity contribution in [1.29, 1.82) is 0 Å². The van der Waals surface area contributed by atoms with Crippen LogP contribution in [0.2, 0.25) is 0 Å². The molecule has 0 aliphatic rings. The van der Waals surface area contributed by atoms with Crippen molar-refractivity contribution in [2.75, 3.05) is 19.8 Å². The fourth-order valence-electron chi connectivity index (χ4n) is 1.10. The number of unbranched alkanes of at least 4 members (excludes halogenated alkanes) is 5. The molecule has 0 saturated carbocycles. The number of rotatable bonds is 8. The van der Waals surface area contributed by atoms with Gasteiger partial charge in [-0.05, 0) is 20.3 Å². The Labute approximate surface area is 89.7 Å². The van der Waals surface area contributed by atoms with Crippen LogP contribution in [0.5, 0.6) is 0 Å². The molecule has 14 heavy (non-hydrogen) atoms. The second kappa shape index (κ2) is 18.7. The van der Waals surface area contributed by atoms with Crippen LogP contribution in [0.1, 0.15) is 59.3 Å². The first-order chi connectivity index (χ1) is 6.83. The number of aliphatic hydroxyl groups excluding tert-OH is 1. The normalized spacial score (nSPS) is 9.43. The van der Waals surface area contributed by atoms with Crippen molar-refractivity contribution in [2.45, 2.75) is 59.3 Å². The highest BCUT2D eigenvalue weighted by molar-refractivity contribution is 4.41. The molecule has 0 rings (SSSR count). The molecule has 2 heteroatoms. The summed E-state index contributed by atoms with van der Waals surface area (Å²) >= 11 is 0. The van der Waals surface area contributed by atoms with E-state index in [1.54, 1.807) is 0 Å². The van der Waals surface area contributed by atoms with Gasteiger partial charge < -0.3 is 9.84 Å². The summed E-state index contributed by atoms with van der Waals surface area (Å²) in [5.74, 6) is 0. The van der Waals surface area contributed by atoms with Gasteiger partial charge in [-0.1, -0.05) is 39.0 Å². The molecule has 0 unspecified atom stereocenters. The van der Waals surface area contributed by atoms with E-state index in [1.165, 1.54) is 32.1 Å². The van der Waals surface area contributed by atoms with Crippen molar-refractivity contribution in [3.05, 3.63) is 0 Å². The molecule has 0 aliphatic heterocycles. The maximum absolute atomic E-state index is 8.42. The summed E-state index contributed by atoms with van der Waals surface area (Å²) in [4.78, 5) is 0. The maximum atomic E-state index is 8.42. The lowest BCUT2D eigenvalue weighted by Gasteiger charge is -1.95. The molecule has 0 amide bonds. The van der Waals surface area contributed by atoms with Crippen LogP contribution < -0.4 is 0 Å². The SMILES string of the molecule is CCCCCCCCO.CCOCC. The van der Waals surface area contributed by atoms with E-state index in [0.717, 1.165) is 19.6 Å². The Hall–Kier alpha value is -0.0800. The van der Waals surface area contributed by atoms with Gasteiger partial charge in [0.1, 0.15) is 0 Å². The predicted octanol–water partition coefficient (Wildman–Crippen LogP) is 3.38. The van der Waals surface area contributed by atoms with Crippen molar-refractivity contribution in [1.82, 2.24) is 0 Å². The van der Waals surface area contributed by atoms with Crippen molar-refractivity contribution in [3.8, 4) is 0 Å². The minimum atomic E-state index is 0.367. The predicted molar refractivity (Wildman–Crippen MR) is 62.6 cm³/mol. The molecule has 0 bridgehead atoms. The maximum Gasteiger partial charge on any atom is 0.0437 e. The molecule has 1 N–H and O–H groups in total. The van der Waals surface area contributed by atoms with Gasteiger partial charge in [0.25, 0.3) is 0 Å². The average molecular weight is 204 g/mol. The molecule has 0 fully saturated rings. The van der Waals surface area contributed by atoms with Gasteiger partial charge in [0.05, 0.1) is 0 Å². The third kappa shape index (κ3) is 22.7. The third-order valence-corrected chi connectivity index (χ3v) is 1.92. The van der Waals surface area contributed by atoms with Crippen LogP contribution in [0.4, 0.5) is 0 Å². The van der Waals surface area contributed by atoms with Crippen LogP contribution in [0.25, 0.3) is 0 Å². The molecule has 88 valence electrons. The van der Waals surface area contributed by atoms with E-state index in [1.807, 2.05) is 13.8 Å². The molecule has 0 spiro atoms. The molecule has 0 atom stereocenters. The first kappa shape index (κ1) is 16.4. The largest absolute Gasteiger partial charge is 0.396 e. The summed E-state index contributed by atoms with van der Waals surface area (Å²) in [6, 6.07) is 0. The zero-order chi connectivity index (χ0) is 11.1. The second-order valence-corrected chi connectivity index (χ2v) is 3.27. The van der Waals surface area contributed by atoms with E-state index in [0.29, 0.717) is 6.61 Å². The van der Waals surface area contributed by atoms with E-state index in [-0.39, 0.29) is 0 Å². The summed E-state index contributed by atoms with van der Waals surface area (Å²) in [7, 11) is 0. The van der Waals surface area contributed by atoms with Crippen LogP contribution in [0.3, 0.4) is 0 Å². The summed E-state index contributed by atoms with van der Waals surface area (Å²) in [6.45, 7) is 8.25. The zero-order valence-electron chi connectivity index (χ0n) is 10.2. The summed E-state index contributed by atoms with van der Waals surface area (Å²) in [5.41, 5.74) is 0. The molecule has 0 aliphatic carbocycles. The Morgan fingerprint density at radius 2 is 1.29 bits per heavy atom. The Morgan fingerprint density at radius 3 is 1.64 bits per heavy atom. The quantitative estimate of drug-likeness (QED) is 0.614. The molecule has 0 aromatic heterocycles. The first-order valence-electron chi connectivity index (χ1n) is 6.01. The highest BCUT2D eigenvalue weighted by atomic mass is 16.5. The van der Waals surface area contributed by atoms with Gasteiger partial charge in [0.15, 0.2) is 0 Å². The lowest BCUT2D eigenvalue weighted by atomic mass is 10.1. The van der Waals surface area contributed by atoms with Crippen LogP contribution >= 0.6 is 0 Å². The molecular weight excluding hydrogens is 176 g/mol. The van der Waals surface area contributed by atoms with Gasteiger partial charge in [-0.2, -0.15) is 0 Å². The second-order valence-electron chi connectivity index (χ2n) is 3.27. The first-order valence-corrected chi connectivity index (χ1v) is 6.01. The molecule has 0 heterocycles. The van der Waals surface area contributed by atoms with Crippen molar-refractivity contribution >= 4 is 0 Å². The van der Waals surface area contributed by atoms with Gasteiger partial charge >= 0.3 is 0 Å². The number of hydrogen-bond acceptors (Lipinski definition) is 2. The summed E-state index contributed by atoms with van der Waals surface area (Å²) in [6.07, 6.45) is 7.50. The summed E-state index contributed by atoms with van der Waals surface area (Å²) in [5, 5.41) is 8.42. The van der Waals surface area contributed by atoms with Gasteiger partial charge in [0, 0.05) is 19.8 Å². The average Bonchev–Trinajstić information content (AvgIpc) is 2.20. The highest BCUT2D eigenvalue weighted by Crippen LogP contribution is 2.03. The van der Waals surface area contributed by atoms with Gasteiger partial charge in [-0.3, -0.25) is 0 Å². The third-order valence-electron chi connectivity index (χ3n) is 1.92. The van der Waals surface area contributed by atoms with Crippen LogP contribution in [0, 0.1) is 0 Å². The van der Waals surface area contributed by atoms with E-state index in [2.05, 4.69) is 6.92 Å². The Morgan fingerprint density at radius 1 is 0.786 bits per heavy atom.